The van der Waals surface area contributed by atoms with Crippen molar-refractivity contribution in [2.75, 3.05) is 17.2 Å². The molecule has 0 spiro atoms. The number of aliphatic hydroxyl groups is 1. The molecule has 0 saturated carbocycles. The SMILES string of the molecule is Nc1nc2nc(SCc3cccc(Oc4ccccc4)c3)nc(N3CC(O)C[C@H]3C(=O)OCc3ccccc3)c2s1. The summed E-state index contributed by atoms with van der Waals surface area (Å²) in [5.41, 5.74) is 8.43. The van der Waals surface area contributed by atoms with E-state index in [1.165, 1.54) is 23.1 Å². The number of nitrogen functional groups attached to an aromatic ring is 1. The fourth-order valence-corrected chi connectivity index (χ4v) is 6.19. The van der Waals surface area contributed by atoms with Gasteiger partial charge in [0.2, 0.25) is 0 Å². The van der Waals surface area contributed by atoms with Crippen LogP contribution in [0.2, 0.25) is 0 Å². The summed E-state index contributed by atoms with van der Waals surface area (Å²) in [5.74, 6) is 2.19. The van der Waals surface area contributed by atoms with E-state index in [-0.39, 0.29) is 19.6 Å². The highest BCUT2D eigenvalue weighted by Crippen LogP contribution is 2.37. The molecular formula is C30H27N5O4S2. The molecule has 208 valence electrons. The maximum Gasteiger partial charge on any atom is 0.329 e. The predicted molar refractivity (Wildman–Crippen MR) is 160 cm³/mol. The Morgan fingerprint density at radius 3 is 2.51 bits per heavy atom. The molecule has 0 aliphatic carbocycles. The number of benzene rings is 3. The number of aliphatic hydroxyl groups excluding tert-OH is 1. The van der Waals surface area contributed by atoms with E-state index in [9.17, 15) is 9.90 Å². The molecule has 3 aromatic carbocycles. The lowest BCUT2D eigenvalue weighted by Crippen LogP contribution is -2.38. The van der Waals surface area contributed by atoms with Crippen molar-refractivity contribution in [3.63, 3.8) is 0 Å². The van der Waals surface area contributed by atoms with Crippen LogP contribution in [0.4, 0.5) is 10.9 Å². The lowest BCUT2D eigenvalue weighted by atomic mass is 10.2. The number of nitrogens with two attached hydrogens (primary N) is 1. The van der Waals surface area contributed by atoms with E-state index in [4.69, 9.17) is 20.2 Å². The van der Waals surface area contributed by atoms with Gasteiger partial charge in [-0.05, 0) is 35.4 Å². The lowest BCUT2D eigenvalue weighted by Gasteiger charge is -2.24. The molecule has 11 heteroatoms. The molecule has 6 rings (SSSR count). The Balaban J connectivity index is 1.22. The van der Waals surface area contributed by atoms with E-state index in [0.29, 0.717) is 32.2 Å². The molecule has 41 heavy (non-hydrogen) atoms. The first-order valence-corrected chi connectivity index (χ1v) is 14.9. The summed E-state index contributed by atoms with van der Waals surface area (Å²) in [7, 11) is 0. The van der Waals surface area contributed by atoms with Gasteiger partial charge in [0, 0.05) is 18.7 Å². The largest absolute Gasteiger partial charge is 0.459 e. The monoisotopic (exact) mass is 585 g/mol. The molecule has 1 fully saturated rings. The van der Waals surface area contributed by atoms with E-state index < -0.39 is 18.1 Å². The second-order valence-corrected chi connectivity index (χ2v) is 11.5. The van der Waals surface area contributed by atoms with Crippen LogP contribution in [0.3, 0.4) is 0 Å². The number of thioether (sulfide) groups is 1. The van der Waals surface area contributed by atoms with Crippen LogP contribution in [0.25, 0.3) is 10.3 Å². The number of β-amino-alcohol motifs (C(OH)–C–C–N with tert-alkyl or cyclic N) is 1. The van der Waals surface area contributed by atoms with Crippen LogP contribution >= 0.6 is 23.1 Å². The zero-order chi connectivity index (χ0) is 28.2. The molecule has 1 unspecified atom stereocenters. The van der Waals surface area contributed by atoms with Crippen molar-refractivity contribution in [2.24, 2.45) is 0 Å². The smallest absolute Gasteiger partial charge is 0.329 e. The molecule has 1 aliphatic heterocycles. The van der Waals surface area contributed by atoms with Crippen LogP contribution in [-0.2, 0) is 21.9 Å². The zero-order valence-electron chi connectivity index (χ0n) is 21.9. The van der Waals surface area contributed by atoms with Crippen LogP contribution in [0.15, 0.2) is 90.1 Å². The van der Waals surface area contributed by atoms with Gasteiger partial charge in [-0.25, -0.2) is 19.7 Å². The van der Waals surface area contributed by atoms with E-state index in [2.05, 4.69) is 9.97 Å². The zero-order valence-corrected chi connectivity index (χ0v) is 23.6. The second kappa shape index (κ2) is 12.1. The van der Waals surface area contributed by atoms with Gasteiger partial charge in [0.05, 0.1) is 6.10 Å². The normalized spacial score (nSPS) is 16.7. The van der Waals surface area contributed by atoms with Crippen molar-refractivity contribution in [1.82, 2.24) is 15.0 Å². The molecule has 3 N–H and O–H groups in total. The van der Waals surface area contributed by atoms with E-state index in [1.54, 1.807) is 4.90 Å². The summed E-state index contributed by atoms with van der Waals surface area (Å²) >= 11 is 2.70. The number of para-hydroxylation sites is 1. The summed E-state index contributed by atoms with van der Waals surface area (Å²) in [6.45, 7) is 0.388. The minimum atomic E-state index is -0.706. The number of fused-ring (bicyclic) bond motifs is 1. The third-order valence-electron chi connectivity index (χ3n) is 6.52. The molecule has 0 radical (unpaired) electrons. The van der Waals surface area contributed by atoms with Gasteiger partial charge < -0.3 is 25.2 Å². The second-order valence-electron chi connectivity index (χ2n) is 9.54. The number of hydrogen-bond acceptors (Lipinski definition) is 11. The van der Waals surface area contributed by atoms with Gasteiger partial charge in [0.15, 0.2) is 21.8 Å². The van der Waals surface area contributed by atoms with Crippen molar-refractivity contribution >= 4 is 50.4 Å². The van der Waals surface area contributed by atoms with Gasteiger partial charge in [0.1, 0.15) is 28.8 Å². The van der Waals surface area contributed by atoms with Gasteiger partial charge in [0.25, 0.3) is 0 Å². The number of esters is 1. The fourth-order valence-electron chi connectivity index (χ4n) is 4.63. The maximum atomic E-state index is 13.2. The number of hydrogen-bond donors (Lipinski definition) is 2. The number of thiazole rings is 1. The highest BCUT2D eigenvalue weighted by Gasteiger charge is 2.39. The summed E-state index contributed by atoms with van der Waals surface area (Å²) < 4.78 is 12.3. The Morgan fingerprint density at radius 2 is 1.71 bits per heavy atom. The minimum absolute atomic E-state index is 0.154. The van der Waals surface area contributed by atoms with Crippen molar-refractivity contribution < 1.29 is 19.4 Å². The molecule has 3 heterocycles. The third kappa shape index (κ3) is 6.43. The number of carbonyl (C=O) groups excluding carboxylic acids is 1. The predicted octanol–water partition coefficient (Wildman–Crippen LogP) is 5.44. The first-order valence-electron chi connectivity index (χ1n) is 13.1. The van der Waals surface area contributed by atoms with Crippen LogP contribution in [0, 0.1) is 0 Å². The highest BCUT2D eigenvalue weighted by atomic mass is 32.2. The van der Waals surface area contributed by atoms with Crippen LogP contribution < -0.4 is 15.4 Å². The highest BCUT2D eigenvalue weighted by molar-refractivity contribution is 7.98. The topological polar surface area (TPSA) is 124 Å². The average Bonchev–Trinajstić information content (AvgIpc) is 3.57. The van der Waals surface area contributed by atoms with Crippen molar-refractivity contribution in [2.45, 2.75) is 36.1 Å². The molecule has 2 aromatic heterocycles. The molecule has 0 bridgehead atoms. The number of nitrogens with zero attached hydrogens (tertiary/aromatic N) is 4. The molecule has 1 saturated heterocycles. The van der Waals surface area contributed by atoms with Gasteiger partial charge in [-0.3, -0.25) is 0 Å². The molecule has 1 aliphatic rings. The lowest BCUT2D eigenvalue weighted by molar-refractivity contribution is -0.146. The van der Waals surface area contributed by atoms with E-state index in [0.717, 1.165) is 22.6 Å². The molecule has 0 amide bonds. The van der Waals surface area contributed by atoms with Crippen molar-refractivity contribution in [3.05, 3.63) is 96.1 Å². The average molecular weight is 586 g/mol. The number of rotatable bonds is 9. The number of carbonyl (C=O) groups is 1. The van der Waals surface area contributed by atoms with Gasteiger partial charge >= 0.3 is 5.97 Å². The summed E-state index contributed by atoms with van der Waals surface area (Å²) in [5, 5.41) is 11.4. The first-order chi connectivity index (χ1) is 20.0. The van der Waals surface area contributed by atoms with Gasteiger partial charge in [-0.15, -0.1) is 0 Å². The summed E-state index contributed by atoms with van der Waals surface area (Å²) in [6.07, 6.45) is -0.465. The summed E-state index contributed by atoms with van der Waals surface area (Å²) in [4.78, 5) is 28.8. The Kier molecular flexibility index (Phi) is 7.99. The van der Waals surface area contributed by atoms with Crippen LogP contribution in [0.1, 0.15) is 17.5 Å². The number of ether oxygens (including phenoxy) is 2. The Bertz CT molecular complexity index is 1650. The van der Waals surface area contributed by atoms with Crippen LogP contribution in [0.5, 0.6) is 11.5 Å². The van der Waals surface area contributed by atoms with Crippen molar-refractivity contribution in [1.29, 1.82) is 0 Å². The third-order valence-corrected chi connectivity index (χ3v) is 8.31. The molecule has 9 nitrogen and oxygen atoms in total. The van der Waals surface area contributed by atoms with E-state index >= 15 is 0 Å². The molecular weight excluding hydrogens is 558 g/mol. The Morgan fingerprint density at radius 1 is 0.976 bits per heavy atom. The minimum Gasteiger partial charge on any atom is -0.459 e. The van der Waals surface area contributed by atoms with E-state index in [1.807, 2.05) is 84.9 Å². The fraction of sp³-hybridized carbons (Fsp3) is 0.200. The molecule has 2 atom stereocenters. The Hall–Kier alpha value is -4.19. The Labute approximate surface area is 245 Å². The summed E-state index contributed by atoms with van der Waals surface area (Å²) in [6, 6.07) is 26.3. The van der Waals surface area contributed by atoms with Gasteiger partial charge in [-0.1, -0.05) is 83.8 Å². The van der Waals surface area contributed by atoms with Gasteiger partial charge in [-0.2, -0.15) is 0 Å². The maximum absolute atomic E-state index is 13.2. The standard InChI is InChI=1S/C30H27N5O4S2/c31-29-32-26-25(41-29)27(35-16-21(36)15-24(35)28(37)38-17-19-8-3-1-4-9-19)34-30(33-26)40-18-20-10-7-13-23(14-20)39-22-11-5-2-6-12-22/h1-14,21,24,36H,15-18H2,(H2,31,32,33,34)/t21?,24-/m0/s1. The quantitative estimate of drug-likeness (QED) is 0.131. The number of aromatic nitrogens is 3. The van der Waals surface area contributed by atoms with Crippen molar-refractivity contribution in [3.8, 4) is 11.5 Å². The van der Waals surface area contributed by atoms with Crippen LogP contribution in [-0.4, -0.2) is 44.7 Å². The molecule has 5 aromatic rings. The first kappa shape index (κ1) is 27.0. The number of anilines is 2.